The Bertz CT molecular complexity index is 938. The van der Waals surface area contributed by atoms with Crippen LogP contribution in [0.4, 0.5) is 5.82 Å². The molecule has 0 spiro atoms. The van der Waals surface area contributed by atoms with Crippen LogP contribution in [0.25, 0.3) is 5.69 Å². The number of fused-ring (bicyclic) bond motifs is 1. The van der Waals surface area contributed by atoms with Crippen LogP contribution in [-0.2, 0) is 17.6 Å². The Hall–Kier alpha value is -2.24. The van der Waals surface area contributed by atoms with Gasteiger partial charge in [0.2, 0.25) is 5.91 Å². The summed E-state index contributed by atoms with van der Waals surface area (Å²) in [4.78, 5) is 13.7. The van der Waals surface area contributed by atoms with Crippen molar-refractivity contribution < 1.29 is 4.79 Å². The fourth-order valence-electron chi connectivity index (χ4n) is 3.26. The summed E-state index contributed by atoms with van der Waals surface area (Å²) in [5.74, 6) is 1.56. The number of hydrogen-bond acceptors (Lipinski definition) is 3. The molecule has 6 heteroatoms. The first-order valence-electron chi connectivity index (χ1n) is 9.05. The van der Waals surface area contributed by atoms with E-state index in [0.717, 1.165) is 52.1 Å². The lowest BCUT2D eigenvalue weighted by Crippen LogP contribution is -2.16. The minimum atomic E-state index is 0.0169. The van der Waals surface area contributed by atoms with Gasteiger partial charge in [-0.05, 0) is 55.7 Å². The molecule has 1 aliphatic carbocycles. The average molecular weight is 398 g/mol. The highest BCUT2D eigenvalue weighted by Gasteiger charge is 2.24. The second-order valence-corrected chi connectivity index (χ2v) is 8.08. The number of benzene rings is 2. The second-order valence-electron chi connectivity index (χ2n) is 6.48. The molecule has 1 aromatic heterocycles. The standard InChI is InChI=1S/C21H20ClN3OS/c22-15-9-11-17(12-10-15)27-14-13-20(26)23-21-18-7-4-8-19(18)24-25(21)16-5-2-1-3-6-16/h1-3,5-6,9-12H,4,7-8,13-14H2,(H,23,26). The van der Waals surface area contributed by atoms with E-state index in [1.54, 1.807) is 11.8 Å². The summed E-state index contributed by atoms with van der Waals surface area (Å²) >= 11 is 7.56. The van der Waals surface area contributed by atoms with Gasteiger partial charge in [-0.15, -0.1) is 11.8 Å². The lowest BCUT2D eigenvalue weighted by Gasteiger charge is -2.11. The number of para-hydroxylation sites is 1. The zero-order valence-corrected chi connectivity index (χ0v) is 16.4. The third kappa shape index (κ3) is 4.20. The van der Waals surface area contributed by atoms with Crippen molar-refractivity contribution in [1.82, 2.24) is 9.78 Å². The van der Waals surface area contributed by atoms with Crippen molar-refractivity contribution in [1.29, 1.82) is 0 Å². The molecule has 1 N–H and O–H groups in total. The van der Waals surface area contributed by atoms with Crippen molar-refractivity contribution in [3.05, 3.63) is 70.9 Å². The van der Waals surface area contributed by atoms with Gasteiger partial charge in [0.1, 0.15) is 5.82 Å². The molecule has 138 valence electrons. The Morgan fingerprint density at radius 2 is 1.89 bits per heavy atom. The van der Waals surface area contributed by atoms with E-state index in [4.69, 9.17) is 16.7 Å². The lowest BCUT2D eigenvalue weighted by molar-refractivity contribution is -0.115. The van der Waals surface area contributed by atoms with Crippen LogP contribution in [0, 0.1) is 0 Å². The van der Waals surface area contributed by atoms with Gasteiger partial charge < -0.3 is 5.32 Å². The van der Waals surface area contributed by atoms with Crippen LogP contribution in [0.5, 0.6) is 0 Å². The number of nitrogens with one attached hydrogen (secondary N) is 1. The molecule has 27 heavy (non-hydrogen) atoms. The number of amides is 1. The fourth-order valence-corrected chi connectivity index (χ4v) is 4.24. The van der Waals surface area contributed by atoms with E-state index in [0.29, 0.717) is 6.42 Å². The third-order valence-electron chi connectivity index (χ3n) is 4.58. The second kappa shape index (κ2) is 8.19. The number of aromatic nitrogens is 2. The largest absolute Gasteiger partial charge is 0.310 e. The van der Waals surface area contributed by atoms with Gasteiger partial charge in [-0.1, -0.05) is 29.8 Å². The molecule has 4 rings (SSSR count). The maximum absolute atomic E-state index is 12.6. The van der Waals surface area contributed by atoms with Gasteiger partial charge in [0, 0.05) is 27.7 Å². The number of aryl methyl sites for hydroxylation is 1. The van der Waals surface area contributed by atoms with E-state index < -0.39 is 0 Å². The Morgan fingerprint density at radius 1 is 1.11 bits per heavy atom. The SMILES string of the molecule is O=C(CCSc1ccc(Cl)cc1)Nc1c2c(nn1-c1ccccc1)CCC2. The topological polar surface area (TPSA) is 46.9 Å². The van der Waals surface area contributed by atoms with Crippen molar-refractivity contribution in [2.24, 2.45) is 0 Å². The molecule has 1 aliphatic rings. The molecule has 0 radical (unpaired) electrons. The van der Waals surface area contributed by atoms with E-state index in [-0.39, 0.29) is 5.91 Å². The highest BCUT2D eigenvalue weighted by Crippen LogP contribution is 2.31. The fraction of sp³-hybridized carbons (Fsp3) is 0.238. The summed E-state index contributed by atoms with van der Waals surface area (Å²) in [6.45, 7) is 0. The monoisotopic (exact) mass is 397 g/mol. The summed E-state index contributed by atoms with van der Waals surface area (Å²) in [6.07, 6.45) is 3.49. The normalized spacial score (nSPS) is 12.8. The minimum absolute atomic E-state index is 0.0169. The van der Waals surface area contributed by atoms with Crippen LogP contribution >= 0.6 is 23.4 Å². The molecule has 0 saturated heterocycles. The first-order chi connectivity index (χ1) is 13.2. The minimum Gasteiger partial charge on any atom is -0.310 e. The molecule has 0 atom stereocenters. The highest BCUT2D eigenvalue weighted by atomic mass is 35.5. The number of nitrogens with zero attached hydrogens (tertiary/aromatic N) is 2. The summed E-state index contributed by atoms with van der Waals surface area (Å²) in [5.41, 5.74) is 3.25. The van der Waals surface area contributed by atoms with Crippen LogP contribution in [0.2, 0.25) is 5.02 Å². The van der Waals surface area contributed by atoms with Gasteiger partial charge in [0.05, 0.1) is 11.4 Å². The number of thioether (sulfide) groups is 1. The maximum Gasteiger partial charge on any atom is 0.226 e. The predicted molar refractivity (Wildman–Crippen MR) is 111 cm³/mol. The lowest BCUT2D eigenvalue weighted by atomic mass is 10.2. The Balaban J connectivity index is 1.44. The predicted octanol–water partition coefficient (Wildman–Crippen LogP) is 5.14. The van der Waals surface area contributed by atoms with Gasteiger partial charge in [0.25, 0.3) is 0 Å². The number of anilines is 1. The molecule has 0 aliphatic heterocycles. The smallest absolute Gasteiger partial charge is 0.226 e. The van der Waals surface area contributed by atoms with Gasteiger partial charge >= 0.3 is 0 Å². The first kappa shape index (κ1) is 18.1. The molecule has 1 heterocycles. The van der Waals surface area contributed by atoms with E-state index >= 15 is 0 Å². The molecule has 0 fully saturated rings. The number of carbonyl (C=O) groups is 1. The Morgan fingerprint density at radius 3 is 2.67 bits per heavy atom. The Labute approximate surface area is 167 Å². The van der Waals surface area contributed by atoms with E-state index in [1.165, 1.54) is 5.56 Å². The highest BCUT2D eigenvalue weighted by molar-refractivity contribution is 7.99. The van der Waals surface area contributed by atoms with E-state index in [2.05, 4.69) is 5.32 Å². The molecule has 0 unspecified atom stereocenters. The maximum atomic E-state index is 12.6. The third-order valence-corrected chi connectivity index (χ3v) is 5.84. The summed E-state index contributed by atoms with van der Waals surface area (Å²) in [5, 5.41) is 8.57. The van der Waals surface area contributed by atoms with Crippen molar-refractivity contribution in [3.8, 4) is 5.69 Å². The van der Waals surface area contributed by atoms with Gasteiger partial charge in [-0.2, -0.15) is 5.10 Å². The van der Waals surface area contributed by atoms with Gasteiger partial charge in [-0.25, -0.2) is 4.68 Å². The zero-order valence-electron chi connectivity index (χ0n) is 14.8. The molecule has 1 amide bonds. The van der Waals surface area contributed by atoms with Crippen LogP contribution in [0.15, 0.2) is 59.5 Å². The first-order valence-corrected chi connectivity index (χ1v) is 10.4. The zero-order chi connectivity index (χ0) is 18.6. The molecular weight excluding hydrogens is 378 g/mol. The van der Waals surface area contributed by atoms with E-state index in [9.17, 15) is 4.79 Å². The van der Waals surface area contributed by atoms with Gasteiger partial charge in [0.15, 0.2) is 0 Å². The summed E-state index contributed by atoms with van der Waals surface area (Å²) in [6, 6.07) is 17.6. The molecule has 4 nitrogen and oxygen atoms in total. The van der Waals surface area contributed by atoms with Crippen molar-refractivity contribution >= 4 is 35.1 Å². The van der Waals surface area contributed by atoms with Crippen LogP contribution < -0.4 is 5.32 Å². The molecule has 3 aromatic rings. The van der Waals surface area contributed by atoms with Crippen molar-refractivity contribution in [3.63, 3.8) is 0 Å². The summed E-state index contributed by atoms with van der Waals surface area (Å²) in [7, 11) is 0. The van der Waals surface area contributed by atoms with E-state index in [1.807, 2.05) is 59.3 Å². The number of carbonyl (C=O) groups excluding carboxylic acids is 1. The number of hydrogen-bond donors (Lipinski definition) is 1. The Kier molecular flexibility index (Phi) is 5.50. The average Bonchev–Trinajstić information content (AvgIpc) is 3.27. The molecule has 2 aromatic carbocycles. The van der Waals surface area contributed by atoms with Crippen molar-refractivity contribution in [2.45, 2.75) is 30.6 Å². The van der Waals surface area contributed by atoms with Crippen LogP contribution in [0.3, 0.4) is 0 Å². The van der Waals surface area contributed by atoms with Crippen LogP contribution in [-0.4, -0.2) is 21.4 Å². The molecule has 0 saturated carbocycles. The van der Waals surface area contributed by atoms with Crippen LogP contribution in [0.1, 0.15) is 24.1 Å². The number of halogens is 1. The quantitative estimate of drug-likeness (QED) is 0.586. The summed E-state index contributed by atoms with van der Waals surface area (Å²) < 4.78 is 1.87. The molecule has 0 bridgehead atoms. The van der Waals surface area contributed by atoms with Gasteiger partial charge in [-0.3, -0.25) is 4.79 Å². The molecular formula is C21H20ClN3OS. The number of rotatable bonds is 6. The van der Waals surface area contributed by atoms with Crippen molar-refractivity contribution in [2.75, 3.05) is 11.1 Å².